The Labute approximate surface area is 163 Å². The van der Waals surface area contributed by atoms with Crippen LogP contribution in [-0.2, 0) is 10.2 Å². The summed E-state index contributed by atoms with van der Waals surface area (Å²) in [6.07, 6.45) is 1.89. The predicted octanol–water partition coefficient (Wildman–Crippen LogP) is 5.84. The van der Waals surface area contributed by atoms with Gasteiger partial charge in [-0.05, 0) is 65.1 Å². The zero-order chi connectivity index (χ0) is 18.9. The first-order valence-corrected chi connectivity index (χ1v) is 9.58. The number of amidine groups is 1. The van der Waals surface area contributed by atoms with Gasteiger partial charge in [0.1, 0.15) is 0 Å². The maximum atomic E-state index is 12.2. The maximum absolute atomic E-state index is 12.2. The number of amides is 1. The van der Waals surface area contributed by atoms with E-state index in [1.165, 1.54) is 17.3 Å². The highest BCUT2D eigenvalue weighted by atomic mass is 35.5. The summed E-state index contributed by atoms with van der Waals surface area (Å²) in [5.41, 5.74) is 4.15. The molecule has 5 heteroatoms. The molecular formula is C21H21ClN2OS. The highest BCUT2D eigenvalue weighted by Gasteiger charge is 2.24. The number of nitrogens with zero attached hydrogens (tertiary/aromatic N) is 1. The molecule has 1 N–H and O–H groups in total. The molecule has 0 unspecified atom stereocenters. The Morgan fingerprint density at radius 1 is 1.12 bits per heavy atom. The minimum atomic E-state index is -0.125. The summed E-state index contributed by atoms with van der Waals surface area (Å²) in [6, 6.07) is 13.8. The van der Waals surface area contributed by atoms with Crippen LogP contribution in [-0.4, -0.2) is 11.1 Å². The summed E-state index contributed by atoms with van der Waals surface area (Å²) < 4.78 is 0. The van der Waals surface area contributed by atoms with Crippen molar-refractivity contribution >= 4 is 46.2 Å². The predicted molar refractivity (Wildman–Crippen MR) is 112 cm³/mol. The molecule has 0 aliphatic carbocycles. The van der Waals surface area contributed by atoms with Crippen LogP contribution in [0.5, 0.6) is 0 Å². The van der Waals surface area contributed by atoms with E-state index in [0.717, 1.165) is 16.8 Å². The molecule has 134 valence electrons. The van der Waals surface area contributed by atoms with Crippen molar-refractivity contribution < 1.29 is 4.79 Å². The van der Waals surface area contributed by atoms with Crippen molar-refractivity contribution in [3.8, 4) is 0 Å². The van der Waals surface area contributed by atoms with E-state index < -0.39 is 0 Å². The van der Waals surface area contributed by atoms with E-state index in [1.807, 2.05) is 37.3 Å². The molecule has 1 aliphatic rings. The van der Waals surface area contributed by atoms with E-state index in [1.54, 1.807) is 6.07 Å². The van der Waals surface area contributed by atoms with Crippen molar-refractivity contribution in [3.05, 3.63) is 69.1 Å². The molecule has 3 nitrogen and oxygen atoms in total. The summed E-state index contributed by atoms with van der Waals surface area (Å²) in [5.74, 6) is -0.125. The number of rotatable bonds is 2. The molecule has 3 rings (SSSR count). The first kappa shape index (κ1) is 18.7. The van der Waals surface area contributed by atoms with Crippen molar-refractivity contribution in [2.45, 2.75) is 33.1 Å². The van der Waals surface area contributed by atoms with Crippen molar-refractivity contribution in [2.75, 3.05) is 0 Å². The highest BCUT2D eigenvalue weighted by molar-refractivity contribution is 8.18. The monoisotopic (exact) mass is 384 g/mol. The standard InChI is InChI=1S/C21H21ClN2OS/c1-13-11-16(22)9-10-17(13)23-20-24-19(25)18(26-20)12-14-5-7-15(8-6-14)21(2,3)4/h5-12H,1-4H3,(H,23,24,25)/b18-12-. The third-order valence-corrected chi connectivity index (χ3v) is 5.25. The van der Waals surface area contributed by atoms with E-state index in [2.05, 4.69) is 43.2 Å². The Bertz CT molecular complexity index is 909. The minimum absolute atomic E-state index is 0.113. The van der Waals surface area contributed by atoms with Gasteiger partial charge >= 0.3 is 0 Å². The second kappa shape index (κ2) is 7.29. The fraction of sp³-hybridized carbons (Fsp3) is 0.238. The van der Waals surface area contributed by atoms with Crippen LogP contribution in [0.4, 0.5) is 5.69 Å². The van der Waals surface area contributed by atoms with Gasteiger partial charge in [-0.3, -0.25) is 4.79 Å². The number of thioether (sulfide) groups is 1. The molecular weight excluding hydrogens is 364 g/mol. The Balaban J connectivity index is 1.81. The molecule has 1 saturated heterocycles. The van der Waals surface area contributed by atoms with Crippen molar-refractivity contribution in [3.63, 3.8) is 0 Å². The van der Waals surface area contributed by atoms with Crippen molar-refractivity contribution in [2.24, 2.45) is 4.99 Å². The number of benzene rings is 2. The van der Waals surface area contributed by atoms with Crippen molar-refractivity contribution in [1.29, 1.82) is 0 Å². The molecule has 2 aromatic rings. The third-order valence-electron chi connectivity index (χ3n) is 4.11. The molecule has 0 aromatic heterocycles. The Morgan fingerprint density at radius 2 is 1.81 bits per heavy atom. The van der Waals surface area contributed by atoms with Gasteiger partial charge in [0.2, 0.25) is 0 Å². The fourth-order valence-corrected chi connectivity index (χ4v) is 3.63. The summed E-state index contributed by atoms with van der Waals surface area (Å²) in [7, 11) is 0. The molecule has 0 spiro atoms. The lowest BCUT2D eigenvalue weighted by Gasteiger charge is -2.18. The lowest BCUT2D eigenvalue weighted by molar-refractivity contribution is -0.115. The van der Waals surface area contributed by atoms with Crippen LogP contribution in [0.3, 0.4) is 0 Å². The molecule has 0 radical (unpaired) electrons. The summed E-state index contributed by atoms with van der Waals surface area (Å²) >= 11 is 7.33. The first-order valence-electron chi connectivity index (χ1n) is 8.39. The van der Waals surface area contributed by atoms with Gasteiger partial charge in [0.05, 0.1) is 10.6 Å². The van der Waals surface area contributed by atoms with Gasteiger partial charge in [-0.1, -0.05) is 56.6 Å². The summed E-state index contributed by atoms with van der Waals surface area (Å²) in [6.45, 7) is 8.49. The number of hydrogen-bond acceptors (Lipinski definition) is 3. The lowest BCUT2D eigenvalue weighted by atomic mass is 9.87. The van der Waals surface area contributed by atoms with Gasteiger partial charge in [-0.25, -0.2) is 4.99 Å². The largest absolute Gasteiger partial charge is 0.300 e. The second-order valence-electron chi connectivity index (χ2n) is 7.28. The zero-order valence-electron chi connectivity index (χ0n) is 15.3. The van der Waals surface area contributed by atoms with Gasteiger partial charge in [0.25, 0.3) is 5.91 Å². The van der Waals surface area contributed by atoms with Crippen LogP contribution in [0, 0.1) is 6.92 Å². The van der Waals surface area contributed by atoms with E-state index in [0.29, 0.717) is 15.1 Å². The van der Waals surface area contributed by atoms with Gasteiger partial charge in [0, 0.05) is 5.02 Å². The fourth-order valence-electron chi connectivity index (χ4n) is 2.56. The highest BCUT2D eigenvalue weighted by Crippen LogP contribution is 2.30. The molecule has 0 atom stereocenters. The molecule has 26 heavy (non-hydrogen) atoms. The Kier molecular flexibility index (Phi) is 5.26. The number of halogens is 1. The molecule has 1 heterocycles. The second-order valence-corrected chi connectivity index (χ2v) is 8.75. The van der Waals surface area contributed by atoms with E-state index in [-0.39, 0.29) is 11.3 Å². The lowest BCUT2D eigenvalue weighted by Crippen LogP contribution is -2.19. The summed E-state index contributed by atoms with van der Waals surface area (Å²) in [4.78, 5) is 17.4. The number of carbonyl (C=O) groups excluding carboxylic acids is 1. The molecule has 2 aromatic carbocycles. The van der Waals surface area contributed by atoms with Crippen LogP contribution < -0.4 is 5.32 Å². The maximum Gasteiger partial charge on any atom is 0.264 e. The van der Waals surface area contributed by atoms with Crippen molar-refractivity contribution in [1.82, 2.24) is 5.32 Å². The smallest absolute Gasteiger partial charge is 0.264 e. The zero-order valence-corrected chi connectivity index (χ0v) is 16.8. The van der Waals surface area contributed by atoms with Crippen LogP contribution in [0.15, 0.2) is 52.4 Å². The van der Waals surface area contributed by atoms with Crippen LogP contribution in [0.1, 0.15) is 37.5 Å². The van der Waals surface area contributed by atoms with E-state index >= 15 is 0 Å². The Morgan fingerprint density at radius 3 is 2.42 bits per heavy atom. The molecule has 1 aliphatic heterocycles. The average molecular weight is 385 g/mol. The topological polar surface area (TPSA) is 41.5 Å². The number of hydrogen-bond donors (Lipinski definition) is 1. The SMILES string of the molecule is Cc1cc(Cl)ccc1N=C1NC(=O)/C(=C/c2ccc(C(C)(C)C)cc2)S1. The number of aliphatic imine (C=N–C) groups is 1. The number of nitrogens with one attached hydrogen (secondary N) is 1. The van der Waals surface area contributed by atoms with Crippen LogP contribution in [0.2, 0.25) is 5.02 Å². The third kappa shape index (κ3) is 4.37. The van der Waals surface area contributed by atoms with Gasteiger partial charge in [0.15, 0.2) is 5.17 Å². The first-order chi connectivity index (χ1) is 12.2. The molecule has 0 bridgehead atoms. The summed E-state index contributed by atoms with van der Waals surface area (Å²) in [5, 5.41) is 4.08. The minimum Gasteiger partial charge on any atom is -0.300 e. The molecule has 0 saturated carbocycles. The van der Waals surface area contributed by atoms with Gasteiger partial charge < -0.3 is 5.32 Å². The van der Waals surface area contributed by atoms with E-state index in [4.69, 9.17) is 11.6 Å². The van der Waals surface area contributed by atoms with E-state index in [9.17, 15) is 4.79 Å². The van der Waals surface area contributed by atoms with Gasteiger partial charge in [-0.2, -0.15) is 0 Å². The molecule has 1 fully saturated rings. The van der Waals surface area contributed by atoms with Crippen LogP contribution in [0.25, 0.3) is 6.08 Å². The average Bonchev–Trinajstić information content (AvgIpc) is 2.89. The number of carbonyl (C=O) groups is 1. The molecule has 1 amide bonds. The quantitative estimate of drug-likeness (QED) is 0.661. The Hall–Kier alpha value is -2.04. The van der Waals surface area contributed by atoms with Crippen LogP contribution >= 0.6 is 23.4 Å². The van der Waals surface area contributed by atoms with Gasteiger partial charge in [-0.15, -0.1) is 0 Å². The number of aryl methyl sites for hydroxylation is 1. The normalized spacial score (nSPS) is 17.8.